The highest BCUT2D eigenvalue weighted by molar-refractivity contribution is 5.46. The molecule has 4 heterocycles. The zero-order chi connectivity index (χ0) is 58.1. The maximum absolute atomic E-state index is 12.9. The second kappa shape index (κ2) is 42.4. The molecule has 458 valence electrons. The van der Waals surface area contributed by atoms with Gasteiger partial charge in [-0.25, -0.2) is 8.78 Å². The monoisotopic (exact) mass is 1140 g/mol. The maximum atomic E-state index is 12.9. The summed E-state index contributed by atoms with van der Waals surface area (Å²) in [6.45, 7) is 36.9. The number of fused-ring (bicyclic) bond motifs is 2. The van der Waals surface area contributed by atoms with Gasteiger partial charge in [-0.1, -0.05) is 64.6 Å². The lowest BCUT2D eigenvalue weighted by Crippen LogP contribution is -2.38. The van der Waals surface area contributed by atoms with E-state index in [2.05, 4.69) is 73.0 Å². The second-order valence-corrected chi connectivity index (χ2v) is 22.1. The standard InChI is InChI=1S/C12H16O3.C12H14O.C11H23NO.C10H12N2O.C9H11F2N.C8H17N.CH2O2.3CH4/c1-9(2)13-8-12-14-7-10-5-3-4-6-11(10)15-12;1-4-11-5-7-12(8-6-11)9-13-10(2)3;1-11(2,3)13-9-6-10-4-7-12-8-5-10;1-7(2)13-8-3-4-9-10(5-8)12-6-11-9;1-6(2)12-9-7(10)4-3-5-8(9)11;1-8(2,3)9-6-4-5-7-9;2-1-3;;;/h3-6,9,12H,7-8H2,1-2H3;1,5-8,10H,9H2,2-3H3;10,12H,4-9H2,1-3H3;3-5,7H,6H2,1-2H3;3-6,12H,1-2H3;4-7H2,1-3H3;1H,(H,2,3);3*1H4. The molecule has 0 bridgehead atoms. The smallest absolute Gasteiger partial charge is 0.290 e. The Balaban J connectivity index is 0. The van der Waals surface area contributed by atoms with Crippen LogP contribution in [0, 0.1) is 29.9 Å². The number of hydrogen-bond donors (Lipinski definition) is 3. The summed E-state index contributed by atoms with van der Waals surface area (Å²) >= 11 is 0. The van der Waals surface area contributed by atoms with E-state index in [1.807, 2.05) is 122 Å². The number of terminal acetylenes is 1. The third kappa shape index (κ3) is 35.2. The van der Waals surface area contributed by atoms with Gasteiger partial charge in [0.05, 0.1) is 47.8 Å². The van der Waals surface area contributed by atoms with Gasteiger partial charge < -0.3 is 44.2 Å². The molecule has 0 aromatic heterocycles. The lowest BCUT2D eigenvalue weighted by molar-refractivity contribution is -0.150. The Morgan fingerprint density at radius 2 is 1.38 bits per heavy atom. The summed E-state index contributed by atoms with van der Waals surface area (Å²) in [5, 5.41) is 14.9. The van der Waals surface area contributed by atoms with Crippen molar-refractivity contribution in [2.24, 2.45) is 15.9 Å². The molecule has 2 fully saturated rings. The molecule has 81 heavy (non-hydrogen) atoms. The van der Waals surface area contributed by atoms with E-state index in [-0.39, 0.29) is 70.7 Å². The number of halogens is 2. The molecule has 0 saturated carbocycles. The SMILES string of the molecule is C.C.C.C#Cc1ccc(COC(C)C)cc1.CC(C)(C)N1CCCC1.CC(C)(C)OCCC1CCNCC1.CC(C)Nc1c(F)cccc1F.CC(C)OCC1OCc2ccccc2O1.CC(C)Oc1ccc2c(c1)=NCN=2.O=CO. The highest BCUT2D eigenvalue weighted by atomic mass is 19.1. The number of nitrogens with zero attached hydrogens (tertiary/aromatic N) is 3. The lowest BCUT2D eigenvalue weighted by atomic mass is 9.95. The molecule has 1 atom stereocenters. The predicted molar refractivity (Wildman–Crippen MR) is 331 cm³/mol. The quantitative estimate of drug-likeness (QED) is 0.0869. The van der Waals surface area contributed by atoms with Crippen molar-refractivity contribution in [1.29, 1.82) is 0 Å². The number of ether oxygens (including phenoxy) is 6. The van der Waals surface area contributed by atoms with Crippen molar-refractivity contribution in [1.82, 2.24) is 10.2 Å². The van der Waals surface area contributed by atoms with Crippen LogP contribution in [0.25, 0.3) is 0 Å². The molecule has 4 aliphatic heterocycles. The normalized spacial score (nSPS) is 15.0. The van der Waals surface area contributed by atoms with Gasteiger partial charge >= 0.3 is 0 Å². The van der Waals surface area contributed by atoms with Crippen LogP contribution in [0.2, 0.25) is 0 Å². The van der Waals surface area contributed by atoms with Crippen LogP contribution in [0.15, 0.2) is 94.9 Å². The summed E-state index contributed by atoms with van der Waals surface area (Å²) in [5.74, 6) is 4.14. The van der Waals surface area contributed by atoms with Crippen molar-refractivity contribution in [2.75, 3.05) is 51.4 Å². The van der Waals surface area contributed by atoms with Gasteiger partial charge in [0.15, 0.2) is 0 Å². The van der Waals surface area contributed by atoms with Crippen LogP contribution in [0.5, 0.6) is 11.5 Å². The van der Waals surface area contributed by atoms with E-state index >= 15 is 0 Å². The number of anilines is 1. The fourth-order valence-corrected chi connectivity index (χ4v) is 7.72. The van der Waals surface area contributed by atoms with Crippen molar-refractivity contribution in [2.45, 2.75) is 206 Å². The van der Waals surface area contributed by atoms with E-state index in [1.165, 1.54) is 76.5 Å². The first-order valence-electron chi connectivity index (χ1n) is 27.6. The molecular weight excluding hydrogens is 1030 g/mol. The molecule has 8 rings (SSSR count). The third-order valence-corrected chi connectivity index (χ3v) is 11.7. The molecule has 0 aliphatic carbocycles. The van der Waals surface area contributed by atoms with Crippen LogP contribution in [-0.2, 0) is 37.0 Å². The Morgan fingerprint density at radius 3 is 1.90 bits per heavy atom. The average molecular weight is 1140 g/mol. The lowest BCUT2D eigenvalue weighted by Gasteiger charge is -2.31. The number of likely N-dealkylation sites (tertiary alicyclic amines) is 1. The Kier molecular flexibility index (Phi) is 40.6. The van der Waals surface area contributed by atoms with Gasteiger partial charge in [-0.2, -0.15) is 0 Å². The van der Waals surface area contributed by atoms with Gasteiger partial charge in [0.25, 0.3) is 6.47 Å². The van der Waals surface area contributed by atoms with E-state index in [0.29, 0.717) is 32.0 Å². The van der Waals surface area contributed by atoms with Crippen molar-refractivity contribution >= 4 is 12.2 Å². The number of carbonyl (C=O) groups is 1. The van der Waals surface area contributed by atoms with Crippen LogP contribution in [-0.4, -0.2) is 104 Å². The fraction of sp³-hybridized carbons (Fsp3) is 0.591. The number of nitrogens with one attached hydrogen (secondary N) is 2. The number of piperidine rings is 1. The number of rotatable bonds is 13. The maximum Gasteiger partial charge on any atom is 0.290 e. The van der Waals surface area contributed by atoms with Gasteiger partial charge in [-0.05, 0) is 209 Å². The van der Waals surface area contributed by atoms with Gasteiger partial charge in [0.1, 0.15) is 42.1 Å². The molecule has 4 aliphatic rings. The number of para-hydroxylation sites is 2. The van der Waals surface area contributed by atoms with Crippen molar-refractivity contribution < 1.29 is 47.1 Å². The van der Waals surface area contributed by atoms with Gasteiger partial charge in [0.2, 0.25) is 6.29 Å². The molecule has 0 radical (unpaired) electrons. The minimum atomic E-state index is -0.552. The molecule has 13 nitrogen and oxygen atoms in total. The summed E-state index contributed by atoms with van der Waals surface area (Å²) in [5.41, 5.74) is 3.57. The molecule has 15 heteroatoms. The number of hydrogen-bond acceptors (Lipinski definition) is 12. The van der Waals surface area contributed by atoms with E-state index in [0.717, 1.165) is 51.4 Å². The van der Waals surface area contributed by atoms with Gasteiger partial charge in [-0.3, -0.25) is 19.7 Å². The highest BCUT2D eigenvalue weighted by Gasteiger charge is 2.24. The zero-order valence-corrected chi connectivity index (χ0v) is 49.5. The molecule has 4 aromatic carbocycles. The predicted octanol–water partition coefficient (Wildman–Crippen LogP) is 14.1. The van der Waals surface area contributed by atoms with Crippen molar-refractivity contribution in [3.05, 3.63) is 124 Å². The van der Waals surface area contributed by atoms with E-state index in [1.54, 1.807) is 0 Å². The summed E-state index contributed by atoms with van der Waals surface area (Å²) < 4.78 is 59.1. The molecule has 1 unspecified atom stereocenters. The van der Waals surface area contributed by atoms with Crippen LogP contribution >= 0.6 is 0 Å². The molecule has 3 N–H and O–H groups in total. The molecule has 0 amide bonds. The van der Waals surface area contributed by atoms with E-state index in [9.17, 15) is 8.78 Å². The average Bonchev–Trinajstić information content (AvgIpc) is 4.12. The van der Waals surface area contributed by atoms with E-state index in [4.69, 9.17) is 44.7 Å². The van der Waals surface area contributed by atoms with Crippen LogP contribution in [0.4, 0.5) is 14.5 Å². The third-order valence-electron chi connectivity index (χ3n) is 11.7. The van der Waals surface area contributed by atoms with Crippen LogP contribution < -0.4 is 30.8 Å². The second-order valence-electron chi connectivity index (χ2n) is 22.1. The number of benzene rings is 4. The first-order chi connectivity index (χ1) is 36.9. The molecule has 2 saturated heterocycles. The first-order valence-corrected chi connectivity index (χ1v) is 27.6. The largest absolute Gasteiger partial charge is 0.491 e. The Hall–Kier alpha value is -5.47. The Bertz CT molecular complexity index is 2400. The fourth-order valence-electron chi connectivity index (χ4n) is 7.72. The summed E-state index contributed by atoms with van der Waals surface area (Å²) in [6, 6.07) is 25.4. The summed E-state index contributed by atoms with van der Waals surface area (Å²) in [7, 11) is 0. The molecule has 4 aromatic rings. The number of carboxylic acid groups (broad SMARTS) is 1. The van der Waals surface area contributed by atoms with Crippen molar-refractivity contribution in [3.63, 3.8) is 0 Å². The topological polar surface area (TPSA) is 145 Å². The first kappa shape index (κ1) is 77.6. The van der Waals surface area contributed by atoms with Gasteiger partial charge in [-0.15, -0.1) is 6.42 Å². The Morgan fingerprint density at radius 1 is 0.802 bits per heavy atom. The zero-order valence-electron chi connectivity index (χ0n) is 49.5. The minimum absolute atomic E-state index is 0. The van der Waals surface area contributed by atoms with Crippen molar-refractivity contribution in [3.8, 4) is 23.8 Å². The van der Waals surface area contributed by atoms with E-state index < -0.39 is 11.6 Å². The Labute approximate surface area is 489 Å². The van der Waals surface area contributed by atoms with Crippen LogP contribution in [0.1, 0.15) is 168 Å². The molecule has 0 spiro atoms. The summed E-state index contributed by atoms with van der Waals surface area (Å²) in [4.78, 5) is 19.3. The van der Waals surface area contributed by atoms with Gasteiger partial charge in [0, 0.05) is 35.4 Å². The van der Waals surface area contributed by atoms with Crippen LogP contribution in [0.3, 0.4) is 0 Å². The summed E-state index contributed by atoms with van der Waals surface area (Å²) in [6.07, 6.45) is 12.3. The highest BCUT2D eigenvalue weighted by Crippen LogP contribution is 2.26. The molecular formula is C66H107F2N5O8. The minimum Gasteiger partial charge on any atom is -0.491 e.